The average Bonchev–Trinajstić information content (AvgIpc) is 3.15. The number of fused-ring (bicyclic) bond motifs is 2. The second-order valence-corrected chi connectivity index (χ2v) is 7.60. The standard InChI is InChI=1S/C20H26O6/c1-6-10(2)18(22)24-13-9-20(5)14(26-20)8-7-11(3)16(21)17-15(13)12(4)19(23)25-17/h6,13-17,21H,3-4,7-9H2,1-2,5H3/b10-6-/t13-,14+,15+,16-,17-,20-/m0/s1. The minimum atomic E-state index is -1.03. The van der Waals surface area contributed by atoms with Crippen LogP contribution in [0.5, 0.6) is 0 Å². The number of aliphatic hydroxyl groups excluding tert-OH is 1. The molecule has 0 radical (unpaired) electrons. The summed E-state index contributed by atoms with van der Waals surface area (Å²) < 4.78 is 17.0. The second kappa shape index (κ2) is 6.67. The Balaban J connectivity index is 1.96. The van der Waals surface area contributed by atoms with Crippen molar-refractivity contribution < 1.29 is 28.9 Å². The molecule has 0 bridgehead atoms. The lowest BCUT2D eigenvalue weighted by Gasteiger charge is -2.32. The summed E-state index contributed by atoms with van der Waals surface area (Å²) in [6.07, 6.45) is 0.816. The molecule has 3 fully saturated rings. The molecular formula is C20H26O6. The first-order valence-corrected chi connectivity index (χ1v) is 8.95. The van der Waals surface area contributed by atoms with Crippen LogP contribution < -0.4 is 0 Å². The van der Waals surface area contributed by atoms with Crippen molar-refractivity contribution in [3.8, 4) is 0 Å². The van der Waals surface area contributed by atoms with E-state index in [4.69, 9.17) is 14.2 Å². The monoisotopic (exact) mass is 362 g/mol. The maximum atomic E-state index is 12.4. The molecule has 6 heteroatoms. The van der Waals surface area contributed by atoms with E-state index in [1.165, 1.54) is 0 Å². The Morgan fingerprint density at radius 2 is 2.12 bits per heavy atom. The molecule has 26 heavy (non-hydrogen) atoms. The molecule has 0 spiro atoms. The average molecular weight is 362 g/mol. The fourth-order valence-electron chi connectivity index (χ4n) is 3.82. The number of carbonyl (C=O) groups is 2. The summed E-state index contributed by atoms with van der Waals surface area (Å²) in [5, 5.41) is 10.7. The van der Waals surface area contributed by atoms with Crippen molar-refractivity contribution in [3.05, 3.63) is 36.0 Å². The molecular weight excluding hydrogens is 336 g/mol. The van der Waals surface area contributed by atoms with Gasteiger partial charge in [0, 0.05) is 17.6 Å². The Bertz CT molecular complexity index is 692. The number of carbonyl (C=O) groups excluding carboxylic acids is 2. The minimum Gasteiger partial charge on any atom is -0.458 e. The highest BCUT2D eigenvalue weighted by atomic mass is 16.6. The van der Waals surface area contributed by atoms with Gasteiger partial charge in [-0.1, -0.05) is 19.2 Å². The van der Waals surface area contributed by atoms with Crippen LogP contribution in [-0.2, 0) is 23.8 Å². The fourth-order valence-corrected chi connectivity index (χ4v) is 3.82. The lowest BCUT2D eigenvalue weighted by molar-refractivity contribution is -0.151. The number of hydrogen-bond acceptors (Lipinski definition) is 6. The molecule has 2 aliphatic heterocycles. The summed E-state index contributed by atoms with van der Waals surface area (Å²) >= 11 is 0. The highest BCUT2D eigenvalue weighted by Gasteiger charge is 2.58. The van der Waals surface area contributed by atoms with Gasteiger partial charge < -0.3 is 19.3 Å². The van der Waals surface area contributed by atoms with Gasteiger partial charge >= 0.3 is 11.9 Å². The van der Waals surface area contributed by atoms with Gasteiger partial charge in [0.2, 0.25) is 0 Å². The topological polar surface area (TPSA) is 85.4 Å². The maximum absolute atomic E-state index is 12.4. The number of hydrogen-bond donors (Lipinski definition) is 1. The van der Waals surface area contributed by atoms with Crippen LogP contribution in [0, 0.1) is 5.92 Å². The van der Waals surface area contributed by atoms with E-state index in [9.17, 15) is 14.7 Å². The van der Waals surface area contributed by atoms with Gasteiger partial charge in [0.05, 0.1) is 17.6 Å². The quantitative estimate of drug-likeness (QED) is 0.351. The predicted octanol–water partition coefficient (Wildman–Crippen LogP) is 2.22. The summed E-state index contributed by atoms with van der Waals surface area (Å²) in [5.41, 5.74) is 0.822. The largest absolute Gasteiger partial charge is 0.458 e. The number of esters is 2. The molecule has 1 aliphatic carbocycles. The summed E-state index contributed by atoms with van der Waals surface area (Å²) in [6.45, 7) is 13.2. The molecule has 0 unspecified atom stereocenters. The lowest BCUT2D eigenvalue weighted by atomic mass is 9.79. The molecule has 3 aliphatic rings. The molecule has 142 valence electrons. The predicted molar refractivity (Wildman–Crippen MR) is 94.1 cm³/mol. The van der Waals surface area contributed by atoms with Crippen molar-refractivity contribution in [1.82, 2.24) is 0 Å². The van der Waals surface area contributed by atoms with Crippen molar-refractivity contribution >= 4 is 11.9 Å². The van der Waals surface area contributed by atoms with Gasteiger partial charge in [-0.25, -0.2) is 9.59 Å². The molecule has 2 heterocycles. The van der Waals surface area contributed by atoms with Crippen LogP contribution >= 0.6 is 0 Å². The third-order valence-corrected chi connectivity index (χ3v) is 5.77. The Kier molecular flexibility index (Phi) is 4.84. The van der Waals surface area contributed by atoms with E-state index in [1.54, 1.807) is 19.9 Å². The Morgan fingerprint density at radius 3 is 2.77 bits per heavy atom. The van der Waals surface area contributed by atoms with Gasteiger partial charge in [-0.15, -0.1) is 0 Å². The van der Waals surface area contributed by atoms with E-state index in [2.05, 4.69) is 13.2 Å². The first kappa shape index (κ1) is 18.9. The molecule has 1 N–H and O–H groups in total. The molecule has 2 saturated heterocycles. The third-order valence-electron chi connectivity index (χ3n) is 5.77. The number of aliphatic hydroxyl groups is 1. The zero-order valence-corrected chi connectivity index (χ0v) is 15.5. The molecule has 0 amide bonds. The van der Waals surface area contributed by atoms with Crippen LogP contribution in [0.2, 0.25) is 0 Å². The number of allylic oxidation sites excluding steroid dienone is 1. The van der Waals surface area contributed by atoms with Gasteiger partial charge in [-0.05, 0) is 39.2 Å². The van der Waals surface area contributed by atoms with Gasteiger partial charge in [-0.2, -0.15) is 0 Å². The number of rotatable bonds is 2. The summed E-state index contributed by atoms with van der Waals surface area (Å²) in [4.78, 5) is 24.5. The van der Waals surface area contributed by atoms with E-state index in [0.29, 0.717) is 30.4 Å². The SMILES string of the molecule is C=C1C(=O)O[C@H]2[C@H]1[C@@H](OC(=O)/C(C)=C\C)C[C@]1(C)O[C@@H]1CCC(=C)[C@@H]2O. The van der Waals surface area contributed by atoms with Crippen LogP contribution in [-0.4, -0.2) is 47.1 Å². The highest BCUT2D eigenvalue weighted by molar-refractivity contribution is 5.91. The first-order valence-electron chi connectivity index (χ1n) is 8.95. The highest BCUT2D eigenvalue weighted by Crippen LogP contribution is 2.48. The smallest absolute Gasteiger partial charge is 0.334 e. The number of ether oxygens (including phenoxy) is 3. The summed E-state index contributed by atoms with van der Waals surface area (Å²) in [5.74, 6) is -1.68. The van der Waals surface area contributed by atoms with Crippen LogP contribution in [0.1, 0.15) is 40.0 Å². The van der Waals surface area contributed by atoms with Crippen molar-refractivity contribution in [2.24, 2.45) is 5.92 Å². The van der Waals surface area contributed by atoms with E-state index in [-0.39, 0.29) is 11.7 Å². The lowest BCUT2D eigenvalue weighted by Crippen LogP contribution is -2.43. The molecule has 0 aromatic heterocycles. The first-order chi connectivity index (χ1) is 12.2. The van der Waals surface area contributed by atoms with E-state index < -0.39 is 41.8 Å². The van der Waals surface area contributed by atoms with Crippen LogP contribution in [0.3, 0.4) is 0 Å². The van der Waals surface area contributed by atoms with Gasteiger partial charge in [0.1, 0.15) is 18.3 Å². The zero-order valence-electron chi connectivity index (χ0n) is 15.5. The van der Waals surface area contributed by atoms with Crippen LogP contribution in [0.4, 0.5) is 0 Å². The van der Waals surface area contributed by atoms with Gasteiger partial charge in [0.15, 0.2) is 0 Å². The molecule has 6 atom stereocenters. The zero-order chi connectivity index (χ0) is 19.2. The van der Waals surface area contributed by atoms with E-state index in [0.717, 1.165) is 0 Å². The molecule has 0 aromatic carbocycles. The van der Waals surface area contributed by atoms with Crippen LogP contribution in [0.15, 0.2) is 36.0 Å². The fraction of sp³-hybridized carbons (Fsp3) is 0.600. The summed E-state index contributed by atoms with van der Waals surface area (Å²) in [6, 6.07) is 0. The van der Waals surface area contributed by atoms with Crippen molar-refractivity contribution in [3.63, 3.8) is 0 Å². The number of epoxide rings is 1. The Morgan fingerprint density at radius 1 is 1.42 bits per heavy atom. The maximum Gasteiger partial charge on any atom is 0.334 e. The Labute approximate surface area is 153 Å². The molecule has 3 rings (SSSR count). The van der Waals surface area contributed by atoms with Crippen molar-refractivity contribution in [2.45, 2.75) is 70.1 Å². The minimum absolute atomic E-state index is 0.0123. The second-order valence-electron chi connectivity index (χ2n) is 7.60. The summed E-state index contributed by atoms with van der Waals surface area (Å²) in [7, 11) is 0. The molecule has 6 nitrogen and oxygen atoms in total. The molecule has 0 aromatic rings. The third kappa shape index (κ3) is 3.23. The van der Waals surface area contributed by atoms with Gasteiger partial charge in [0.25, 0.3) is 0 Å². The van der Waals surface area contributed by atoms with Gasteiger partial charge in [-0.3, -0.25) is 0 Å². The van der Waals surface area contributed by atoms with Crippen molar-refractivity contribution in [2.75, 3.05) is 0 Å². The normalized spacial score (nSPS) is 40.4. The van der Waals surface area contributed by atoms with Crippen LogP contribution in [0.25, 0.3) is 0 Å². The van der Waals surface area contributed by atoms with E-state index in [1.807, 2.05) is 6.92 Å². The molecule has 1 saturated carbocycles. The van der Waals surface area contributed by atoms with Crippen molar-refractivity contribution in [1.29, 1.82) is 0 Å². The van der Waals surface area contributed by atoms with E-state index >= 15 is 0 Å². The Hall–Kier alpha value is -1.92.